The molecule has 0 saturated carbocycles. The van der Waals surface area contributed by atoms with Crippen molar-refractivity contribution >= 4 is 17.4 Å². The first-order valence-corrected chi connectivity index (χ1v) is 11.8. The van der Waals surface area contributed by atoms with Crippen molar-refractivity contribution in [3.05, 3.63) is 88.0 Å². The molecule has 1 amide bonds. The molecule has 198 valence electrons. The molecule has 0 aliphatic carbocycles. The summed E-state index contributed by atoms with van der Waals surface area (Å²) in [6.07, 6.45) is -4.93. The molecule has 1 aliphatic rings. The van der Waals surface area contributed by atoms with Gasteiger partial charge in [-0.3, -0.25) is 14.3 Å². The molecule has 12 heteroatoms. The van der Waals surface area contributed by atoms with Crippen LogP contribution >= 0.6 is 0 Å². The van der Waals surface area contributed by atoms with E-state index < -0.39 is 29.7 Å². The van der Waals surface area contributed by atoms with Gasteiger partial charge >= 0.3 is 6.18 Å². The number of nitrogens with one attached hydrogen (secondary N) is 2. The van der Waals surface area contributed by atoms with Crippen LogP contribution in [0.5, 0.6) is 5.75 Å². The Kier molecular flexibility index (Phi) is 6.25. The summed E-state index contributed by atoms with van der Waals surface area (Å²) < 4.78 is 51.2. The van der Waals surface area contributed by atoms with Gasteiger partial charge in [-0.1, -0.05) is 30.3 Å². The maximum Gasteiger partial charge on any atom is 0.410 e. The van der Waals surface area contributed by atoms with Crippen LogP contribution in [0.1, 0.15) is 40.3 Å². The molecule has 0 fully saturated rings. The number of alkyl halides is 3. The van der Waals surface area contributed by atoms with Crippen molar-refractivity contribution in [3.8, 4) is 11.4 Å². The Bertz CT molecular complexity index is 1550. The van der Waals surface area contributed by atoms with E-state index >= 15 is 0 Å². The Labute approximate surface area is 215 Å². The van der Waals surface area contributed by atoms with Gasteiger partial charge in [0.1, 0.15) is 17.3 Å². The average Bonchev–Trinajstić information content (AvgIpc) is 3.43. The number of nitrogens with zero attached hydrogens (tertiary/aromatic N) is 4. The van der Waals surface area contributed by atoms with Crippen LogP contribution in [0.2, 0.25) is 0 Å². The molecule has 9 nitrogen and oxygen atoms in total. The second-order valence-electron chi connectivity index (χ2n) is 9.02. The van der Waals surface area contributed by atoms with Crippen molar-refractivity contribution in [1.29, 1.82) is 0 Å². The Morgan fingerprint density at radius 1 is 1.13 bits per heavy atom. The van der Waals surface area contributed by atoms with Crippen LogP contribution in [0, 0.1) is 6.92 Å². The van der Waals surface area contributed by atoms with Crippen molar-refractivity contribution in [2.45, 2.75) is 31.6 Å². The molecule has 38 heavy (non-hydrogen) atoms. The van der Waals surface area contributed by atoms with Crippen LogP contribution in [0.15, 0.2) is 65.5 Å². The molecule has 4 aromatic rings. The highest BCUT2D eigenvalue weighted by molar-refractivity contribution is 6.03. The minimum absolute atomic E-state index is 0.0157. The van der Waals surface area contributed by atoms with Crippen molar-refractivity contribution in [2.75, 3.05) is 17.7 Å². The normalized spacial score (nSPS) is 17.0. The van der Waals surface area contributed by atoms with E-state index in [0.29, 0.717) is 22.7 Å². The van der Waals surface area contributed by atoms with Crippen LogP contribution in [0.25, 0.3) is 5.69 Å². The molecular weight excluding hydrogens is 501 g/mol. The number of hydrogen-bond acceptors (Lipinski definition) is 5. The number of carbonyl (C=O) groups is 1. The van der Waals surface area contributed by atoms with Crippen molar-refractivity contribution in [2.24, 2.45) is 7.05 Å². The topological polar surface area (TPSA) is 95.1 Å². The standard InChI is InChI=1S/C26H25F3N6O3/c1-15-23(25(37)35(33(15)2)17-9-5-4-6-10-17)31-24(36)20-14-22-30-19(16-8-7-11-18(12-16)38-3)13-21(26(27,28)29)34(22)32-20/h4-12,14,19,21,30H,13H2,1-3H3,(H,31,36)/t19-,21+/m0/s1. The van der Waals surface area contributed by atoms with E-state index in [1.54, 1.807) is 67.2 Å². The summed E-state index contributed by atoms with van der Waals surface area (Å²) in [6.45, 7) is 1.66. The zero-order chi connectivity index (χ0) is 27.2. The first-order chi connectivity index (χ1) is 18.1. The monoisotopic (exact) mass is 526 g/mol. The summed E-state index contributed by atoms with van der Waals surface area (Å²) in [5.74, 6) is -0.229. The van der Waals surface area contributed by atoms with Crippen LogP contribution < -0.4 is 20.9 Å². The number of hydrogen-bond donors (Lipinski definition) is 2. The third kappa shape index (κ3) is 4.42. The molecule has 0 radical (unpaired) electrons. The molecular formula is C26H25F3N6O3. The fourth-order valence-electron chi connectivity index (χ4n) is 4.65. The highest BCUT2D eigenvalue weighted by Crippen LogP contribution is 2.44. The zero-order valence-electron chi connectivity index (χ0n) is 20.8. The van der Waals surface area contributed by atoms with Gasteiger partial charge in [-0.15, -0.1) is 0 Å². The molecule has 2 aromatic heterocycles. The first kappa shape index (κ1) is 25.2. The third-order valence-electron chi connectivity index (χ3n) is 6.71. The van der Waals surface area contributed by atoms with E-state index in [0.717, 1.165) is 4.68 Å². The Balaban J connectivity index is 1.47. The maximum atomic E-state index is 14.1. The quantitative estimate of drug-likeness (QED) is 0.396. The molecule has 2 atom stereocenters. The predicted octanol–water partition coefficient (Wildman–Crippen LogP) is 4.60. The number of amides is 1. The fraction of sp³-hybridized carbons (Fsp3) is 0.269. The van der Waals surface area contributed by atoms with E-state index in [9.17, 15) is 22.8 Å². The minimum atomic E-state index is -4.60. The van der Waals surface area contributed by atoms with E-state index in [1.807, 2.05) is 6.07 Å². The van der Waals surface area contributed by atoms with E-state index in [4.69, 9.17) is 4.74 Å². The summed E-state index contributed by atoms with van der Waals surface area (Å²) in [7, 11) is 3.15. The number of methoxy groups -OCH3 is 1. The second-order valence-corrected chi connectivity index (χ2v) is 9.02. The van der Waals surface area contributed by atoms with Gasteiger partial charge in [0.25, 0.3) is 11.5 Å². The van der Waals surface area contributed by atoms with Gasteiger partial charge in [0.05, 0.1) is 24.5 Å². The first-order valence-electron chi connectivity index (χ1n) is 11.8. The Hall–Kier alpha value is -4.48. The van der Waals surface area contributed by atoms with Gasteiger partial charge in [0.15, 0.2) is 11.7 Å². The number of anilines is 2. The Morgan fingerprint density at radius 2 is 1.87 bits per heavy atom. The molecule has 5 rings (SSSR count). The fourth-order valence-corrected chi connectivity index (χ4v) is 4.65. The highest BCUT2D eigenvalue weighted by Gasteiger charge is 2.47. The molecule has 0 spiro atoms. The van der Waals surface area contributed by atoms with Crippen molar-refractivity contribution < 1.29 is 22.7 Å². The van der Waals surface area contributed by atoms with Crippen LogP contribution in [0.4, 0.5) is 24.7 Å². The number of ether oxygens (including phenoxy) is 1. The molecule has 1 aliphatic heterocycles. The Morgan fingerprint density at radius 3 is 2.55 bits per heavy atom. The number of rotatable bonds is 5. The summed E-state index contributed by atoms with van der Waals surface area (Å²) in [4.78, 5) is 26.3. The predicted molar refractivity (Wildman–Crippen MR) is 135 cm³/mol. The van der Waals surface area contributed by atoms with E-state index in [2.05, 4.69) is 15.7 Å². The number of benzene rings is 2. The average molecular weight is 527 g/mol. The molecule has 3 heterocycles. The number of fused-ring (bicyclic) bond motifs is 1. The third-order valence-corrected chi connectivity index (χ3v) is 6.71. The summed E-state index contributed by atoms with van der Waals surface area (Å²) in [6, 6.07) is 14.3. The van der Waals surface area contributed by atoms with Crippen molar-refractivity contribution in [3.63, 3.8) is 0 Å². The molecule has 0 bridgehead atoms. The summed E-state index contributed by atoms with van der Waals surface area (Å²) >= 11 is 0. The second kappa shape index (κ2) is 9.43. The molecule has 2 N–H and O–H groups in total. The van der Waals surface area contributed by atoms with E-state index in [-0.39, 0.29) is 23.6 Å². The summed E-state index contributed by atoms with van der Waals surface area (Å²) in [5.41, 5.74) is 0.975. The van der Waals surface area contributed by atoms with Gasteiger partial charge in [-0.2, -0.15) is 18.3 Å². The lowest BCUT2D eigenvalue weighted by Crippen LogP contribution is -2.35. The molecule has 0 unspecified atom stereocenters. The summed E-state index contributed by atoms with van der Waals surface area (Å²) in [5, 5.41) is 9.60. The number of aromatic nitrogens is 4. The smallest absolute Gasteiger partial charge is 0.410 e. The minimum Gasteiger partial charge on any atom is -0.497 e. The van der Waals surface area contributed by atoms with Gasteiger partial charge in [0, 0.05) is 19.5 Å². The lowest BCUT2D eigenvalue weighted by molar-refractivity contribution is -0.173. The number of carbonyl (C=O) groups excluding carboxylic acids is 1. The highest BCUT2D eigenvalue weighted by atomic mass is 19.4. The number of para-hydroxylation sites is 1. The van der Waals surface area contributed by atoms with Gasteiger partial charge in [-0.05, 0) is 36.8 Å². The van der Waals surface area contributed by atoms with Crippen LogP contribution in [0.3, 0.4) is 0 Å². The zero-order valence-corrected chi connectivity index (χ0v) is 20.8. The van der Waals surface area contributed by atoms with Gasteiger partial charge < -0.3 is 15.4 Å². The van der Waals surface area contributed by atoms with E-state index in [1.165, 1.54) is 17.9 Å². The largest absolute Gasteiger partial charge is 0.497 e. The van der Waals surface area contributed by atoms with Crippen LogP contribution in [-0.4, -0.2) is 38.3 Å². The SMILES string of the molecule is COc1cccc([C@@H]2C[C@H](C(F)(F)F)n3nc(C(=O)Nc4c(C)n(C)n(-c5ccccc5)c4=O)cc3N2)c1. The van der Waals surface area contributed by atoms with Gasteiger partial charge in [0.2, 0.25) is 0 Å². The number of halogens is 3. The van der Waals surface area contributed by atoms with Crippen molar-refractivity contribution in [1.82, 2.24) is 19.1 Å². The lowest BCUT2D eigenvalue weighted by Gasteiger charge is -2.33. The maximum absolute atomic E-state index is 14.1. The lowest BCUT2D eigenvalue weighted by atomic mass is 9.97. The molecule has 0 saturated heterocycles. The van der Waals surface area contributed by atoms with Crippen LogP contribution in [-0.2, 0) is 7.05 Å². The van der Waals surface area contributed by atoms with Gasteiger partial charge in [-0.25, -0.2) is 9.36 Å². The molecule has 2 aromatic carbocycles.